The summed E-state index contributed by atoms with van der Waals surface area (Å²) in [6.07, 6.45) is 0. The molecule has 0 unspecified atom stereocenters. The predicted octanol–water partition coefficient (Wildman–Crippen LogP) is 19.0. The highest BCUT2D eigenvalue weighted by Crippen LogP contribution is 2.42. The Morgan fingerprint density at radius 1 is 0.205 bits per heavy atom. The van der Waals surface area contributed by atoms with Gasteiger partial charge in [-0.2, -0.15) is 0 Å². The van der Waals surface area contributed by atoms with Gasteiger partial charge in [0.05, 0.1) is 46.8 Å². The van der Waals surface area contributed by atoms with Crippen molar-refractivity contribution in [2.75, 3.05) is 0 Å². The Morgan fingerprint density at radius 2 is 0.580 bits per heavy atom. The molecule has 0 radical (unpaired) electrons. The molecule has 88 heavy (non-hydrogen) atoms. The summed E-state index contributed by atoms with van der Waals surface area (Å²) in [4.78, 5) is 0. The average Bonchev–Trinajstić information content (AvgIpc) is 1.11. The highest BCUT2D eigenvalue weighted by Gasteiger charge is 2.41. The maximum Gasteiger partial charge on any atom is 0.179 e. The Bertz CT molecular complexity index is 5810. The number of para-hydroxylation sites is 3. The first-order valence-corrected chi connectivity index (χ1v) is 31.6. The van der Waals surface area contributed by atoms with E-state index in [1.165, 1.54) is 20.7 Å². The molecule has 0 bridgehead atoms. The topological polar surface area (TPSA) is 14.8 Å². The molecule has 412 valence electrons. The van der Waals surface area contributed by atoms with Gasteiger partial charge in [-0.05, 0) is 144 Å². The number of rotatable bonds is 11. The van der Waals surface area contributed by atoms with Gasteiger partial charge in [0.25, 0.3) is 0 Å². The van der Waals surface area contributed by atoms with Crippen LogP contribution < -0.4 is 20.7 Å². The Balaban J connectivity index is 0.889. The van der Waals surface area contributed by atoms with Gasteiger partial charge in [-0.3, -0.25) is 0 Å². The Kier molecular flexibility index (Phi) is 9.96. The van der Waals surface area contributed by atoms with Crippen LogP contribution in [-0.4, -0.2) is 21.8 Å². The third kappa shape index (κ3) is 8.33. The van der Waals surface area contributed by atoms with Crippen molar-refractivity contribution in [1.82, 2.24) is 13.7 Å². The third-order valence-electron chi connectivity index (χ3n) is 17.7. The summed E-state index contributed by atoms with van der Waals surface area (Å²) >= 11 is 0. The molecule has 0 amide bonds. The van der Waals surface area contributed by atoms with E-state index in [-0.39, 0.29) is 35.3 Å². The summed E-state index contributed by atoms with van der Waals surface area (Å²) in [5.41, 5.74) is 13.3. The summed E-state index contributed by atoms with van der Waals surface area (Å²) in [5, 5.41) is 10.9. The molecule has 0 N–H and O–H groups in total. The average molecular weight is 1150 g/mol. The molecule has 0 aliphatic heterocycles. The molecule has 0 fully saturated rings. The van der Waals surface area contributed by atoms with Crippen molar-refractivity contribution in [3.63, 3.8) is 0 Å². The van der Waals surface area contributed by atoms with Gasteiger partial charge < -0.3 is 13.7 Å². The fourth-order valence-corrected chi connectivity index (χ4v) is 18.7. The molecular weight excluding hydrogens is 1080 g/mol. The summed E-state index contributed by atoms with van der Waals surface area (Å²) in [6, 6.07) is 97.0. The van der Waals surface area contributed by atoms with Gasteiger partial charge >= 0.3 is 0 Å². The van der Waals surface area contributed by atoms with Crippen molar-refractivity contribution in [2.24, 2.45) is 0 Å². The van der Waals surface area contributed by atoms with Crippen LogP contribution in [-0.2, 0) is 0 Å². The van der Waals surface area contributed by atoms with Gasteiger partial charge in [0.2, 0.25) is 0 Å². The van der Waals surface area contributed by atoms with Crippen LogP contribution in [0.3, 0.4) is 0 Å². The van der Waals surface area contributed by atoms with Crippen molar-refractivity contribution >= 4 is 94.2 Å². The molecule has 4 heteroatoms. The Labute approximate surface area is 526 Å². The van der Waals surface area contributed by atoms with Crippen LogP contribution >= 0.6 is 0 Å². The molecule has 0 spiro atoms. The second kappa shape index (κ2) is 21.0. The number of fused-ring (bicyclic) bond motifs is 9. The van der Waals surface area contributed by atoms with E-state index in [4.69, 9.17) is 13.7 Å². The minimum atomic E-state index is -2.87. The number of hydrogen-bond donors (Lipinski definition) is 0. The second-order valence-corrected chi connectivity index (χ2v) is 26.3. The SMILES string of the molecule is [2H]c1c([2H])c([2H])c(-c2ccc3c(c2)c2cc(-c4c([2H])c([2H])c([2H])c([2H])c4[2H])ccc2n3-c2ccc3c4ccccc4n(-c4cc(-c5cccc(-c6cccc([Si](c7ccccc7)(c7ccccc7)c7ccccc7)c6)c5)cc(-n5c6ccccc6c6ccccc65)c4)c3c2)c([2H])c1[2H]. The van der Waals surface area contributed by atoms with E-state index in [1.54, 1.807) is 12.1 Å². The molecule has 3 nitrogen and oxygen atoms in total. The maximum absolute atomic E-state index is 9.01. The molecule has 17 rings (SSSR count). The summed E-state index contributed by atoms with van der Waals surface area (Å²) < 4.78 is 94.1. The Morgan fingerprint density at radius 3 is 1.08 bits per heavy atom. The van der Waals surface area contributed by atoms with E-state index in [2.05, 4.69) is 262 Å². The zero-order chi connectivity index (χ0) is 66.8. The highest BCUT2D eigenvalue weighted by molar-refractivity contribution is 7.20. The van der Waals surface area contributed by atoms with Gasteiger partial charge in [0.15, 0.2) is 8.07 Å². The molecule has 0 saturated heterocycles. The molecule has 3 heterocycles. The van der Waals surface area contributed by atoms with Crippen LogP contribution in [0, 0.1) is 0 Å². The molecule has 3 aromatic heterocycles. The fourth-order valence-electron chi connectivity index (χ4n) is 13.9. The lowest BCUT2D eigenvalue weighted by Gasteiger charge is -2.34. The number of aromatic nitrogens is 3. The van der Waals surface area contributed by atoms with E-state index in [0.717, 1.165) is 94.0 Å². The predicted molar refractivity (Wildman–Crippen MR) is 375 cm³/mol. The van der Waals surface area contributed by atoms with Crippen molar-refractivity contribution in [1.29, 1.82) is 0 Å². The van der Waals surface area contributed by atoms with E-state index in [9.17, 15) is 0 Å². The van der Waals surface area contributed by atoms with Crippen LogP contribution in [0.15, 0.2) is 346 Å². The van der Waals surface area contributed by atoms with Crippen LogP contribution in [0.2, 0.25) is 0 Å². The first-order valence-electron chi connectivity index (χ1n) is 34.6. The summed E-state index contributed by atoms with van der Waals surface area (Å²) in [7, 11) is -2.87. The van der Waals surface area contributed by atoms with Crippen molar-refractivity contribution in [3.8, 4) is 61.6 Å². The summed E-state index contributed by atoms with van der Waals surface area (Å²) in [6.45, 7) is 0. The number of hydrogen-bond acceptors (Lipinski definition) is 0. The minimum Gasteiger partial charge on any atom is -0.309 e. The van der Waals surface area contributed by atoms with Gasteiger partial charge in [-0.25, -0.2) is 0 Å². The molecule has 17 aromatic rings. The molecule has 0 aliphatic rings. The normalized spacial score (nSPS) is 13.5. The van der Waals surface area contributed by atoms with Crippen LogP contribution in [0.4, 0.5) is 0 Å². The van der Waals surface area contributed by atoms with E-state index >= 15 is 0 Å². The van der Waals surface area contributed by atoms with Crippen molar-refractivity contribution in [3.05, 3.63) is 346 Å². The van der Waals surface area contributed by atoms with Crippen LogP contribution in [0.25, 0.3) is 127 Å². The lowest BCUT2D eigenvalue weighted by molar-refractivity contribution is 1.13. The minimum absolute atomic E-state index is 0.0454. The zero-order valence-electron chi connectivity index (χ0n) is 57.5. The zero-order valence-corrected chi connectivity index (χ0v) is 48.5. The van der Waals surface area contributed by atoms with E-state index in [1.807, 2.05) is 24.3 Å². The highest BCUT2D eigenvalue weighted by atomic mass is 28.3. The van der Waals surface area contributed by atoms with Gasteiger partial charge in [-0.1, -0.05) is 267 Å². The van der Waals surface area contributed by atoms with Gasteiger partial charge in [0.1, 0.15) is 0 Å². The van der Waals surface area contributed by atoms with Crippen molar-refractivity contribution < 1.29 is 13.7 Å². The molecule has 0 atom stereocenters. The lowest BCUT2D eigenvalue weighted by atomic mass is 9.98. The van der Waals surface area contributed by atoms with Crippen LogP contribution in [0.5, 0.6) is 0 Å². The molecular formula is C84H57N3Si. The smallest absolute Gasteiger partial charge is 0.179 e. The Hall–Kier alpha value is -11.3. The number of nitrogens with zero attached hydrogens (tertiary/aromatic N) is 3. The largest absolute Gasteiger partial charge is 0.309 e. The molecule has 14 aromatic carbocycles. The van der Waals surface area contributed by atoms with Gasteiger partial charge in [0, 0.05) is 49.4 Å². The van der Waals surface area contributed by atoms with E-state index < -0.39 is 44.3 Å². The van der Waals surface area contributed by atoms with Crippen LogP contribution in [0.1, 0.15) is 13.7 Å². The lowest BCUT2D eigenvalue weighted by Crippen LogP contribution is -2.74. The molecule has 0 aliphatic carbocycles. The first kappa shape index (κ1) is 41.7. The third-order valence-corrected chi connectivity index (χ3v) is 22.5. The van der Waals surface area contributed by atoms with E-state index in [0.29, 0.717) is 21.9 Å². The monoisotopic (exact) mass is 1150 g/mol. The van der Waals surface area contributed by atoms with Crippen molar-refractivity contribution in [2.45, 2.75) is 0 Å². The summed E-state index contributed by atoms with van der Waals surface area (Å²) in [5.74, 6) is 0. The standard InChI is InChI=1S/C84H57N3Si/c1-6-24-58(25-7-1)63-44-48-82-77(54-63)78-55-64(59-26-8-2-9-27-59)45-49-83(78)85(82)66-46-47-76-75-40-18-21-43-81(75)87(84(76)57-66)68-52-65(51-67(56-68)86-79-41-19-16-38-73(79)74-39-17-20-42-80(74)86)61-29-22-28-60(50-61)62-30-23-37-72(53-62)88(69-31-10-3-11-32-69,70-33-12-4-13-34-70)71-35-14-5-15-36-71/h1-57H/i1D,2D,6D,7D,8D,9D,24D,25D,26D,27D. The second-order valence-electron chi connectivity index (χ2n) is 22.5. The molecule has 0 saturated carbocycles. The van der Waals surface area contributed by atoms with Gasteiger partial charge in [-0.15, -0.1) is 0 Å². The number of benzene rings is 14. The maximum atomic E-state index is 9.01. The first-order chi connectivity index (χ1) is 47.8. The quantitative estimate of drug-likeness (QED) is 0.0906. The fraction of sp³-hybridized carbons (Fsp3) is 0.